The van der Waals surface area contributed by atoms with Gasteiger partial charge >= 0.3 is 0 Å². The van der Waals surface area contributed by atoms with Crippen LogP contribution in [0.3, 0.4) is 0 Å². The third-order valence-corrected chi connectivity index (χ3v) is 9.50. The Hall–Kier alpha value is -0.236. The zero-order valence-corrected chi connectivity index (χ0v) is 17.9. The summed E-state index contributed by atoms with van der Waals surface area (Å²) >= 11 is 0. The molecule has 1 rings (SSSR count). The lowest BCUT2D eigenvalue weighted by Crippen LogP contribution is -2.45. The Morgan fingerprint density at radius 2 is 1.59 bits per heavy atom. The van der Waals surface area contributed by atoms with Crippen LogP contribution in [-0.4, -0.2) is 49.4 Å². The number of hydrogen-bond donors (Lipinski definition) is 0. The van der Waals surface area contributed by atoms with E-state index in [0.29, 0.717) is 19.0 Å². The van der Waals surface area contributed by atoms with Crippen molar-refractivity contribution < 1.29 is 14.3 Å². The van der Waals surface area contributed by atoms with Gasteiger partial charge in [-0.3, -0.25) is 4.79 Å². The van der Waals surface area contributed by atoms with Crippen molar-refractivity contribution in [2.45, 2.75) is 58.2 Å². The molecule has 1 aliphatic carbocycles. The summed E-state index contributed by atoms with van der Waals surface area (Å²) in [6, 6.07) is 0. The molecule has 0 spiro atoms. The van der Waals surface area contributed by atoms with Gasteiger partial charge in [-0.15, -0.1) is 0 Å². The second-order valence-electron chi connectivity index (χ2n) is 8.64. The van der Waals surface area contributed by atoms with Crippen molar-refractivity contribution in [2.75, 3.05) is 27.4 Å². The van der Waals surface area contributed by atoms with Crippen molar-refractivity contribution in [3.05, 3.63) is 10.8 Å². The molecule has 0 aromatic rings. The predicted molar refractivity (Wildman–Crippen MR) is 99.0 cm³/mol. The fourth-order valence-electron chi connectivity index (χ4n) is 4.32. The third-order valence-electron chi connectivity index (χ3n) is 4.90. The van der Waals surface area contributed by atoms with Gasteiger partial charge < -0.3 is 9.47 Å². The minimum atomic E-state index is -1.73. The number of methoxy groups -OCH3 is 2. The third kappa shape index (κ3) is 3.32. The number of ketones is 1. The molecule has 0 radical (unpaired) electrons. The summed E-state index contributed by atoms with van der Waals surface area (Å²) in [5, 5.41) is 1.13. The Morgan fingerprint density at radius 3 is 1.91 bits per heavy atom. The number of carbonyl (C=O) groups is 1. The van der Waals surface area contributed by atoms with Crippen LogP contribution in [0.25, 0.3) is 0 Å². The van der Waals surface area contributed by atoms with Crippen molar-refractivity contribution in [2.24, 2.45) is 5.41 Å². The van der Waals surface area contributed by atoms with E-state index in [-0.39, 0.29) is 11.0 Å². The highest BCUT2D eigenvalue weighted by Gasteiger charge is 2.58. The lowest BCUT2D eigenvalue weighted by atomic mass is 9.79. The van der Waals surface area contributed by atoms with Crippen LogP contribution in [0, 0.1) is 5.41 Å². The molecule has 0 aliphatic heterocycles. The van der Waals surface area contributed by atoms with Gasteiger partial charge in [0.1, 0.15) is 0 Å². The summed E-state index contributed by atoms with van der Waals surface area (Å²) in [6.07, 6.45) is 0.939. The van der Waals surface area contributed by atoms with E-state index in [4.69, 9.17) is 9.47 Å². The van der Waals surface area contributed by atoms with E-state index in [1.54, 1.807) is 14.2 Å². The first-order chi connectivity index (χ1) is 9.97. The highest BCUT2D eigenvalue weighted by Crippen LogP contribution is 2.57. The Bertz CT molecular complexity index is 458. The summed E-state index contributed by atoms with van der Waals surface area (Å²) in [5.74, 6) is 0.407. The van der Waals surface area contributed by atoms with E-state index < -0.39 is 16.1 Å². The molecule has 0 fully saturated rings. The summed E-state index contributed by atoms with van der Waals surface area (Å²) < 4.78 is 11.2. The number of carbonyl (C=O) groups excluding carboxylic acids is 1. The molecule has 0 bridgehead atoms. The second-order valence-corrected chi connectivity index (χ2v) is 19.0. The molecule has 22 heavy (non-hydrogen) atoms. The average Bonchev–Trinajstić information content (AvgIpc) is 2.59. The van der Waals surface area contributed by atoms with Gasteiger partial charge in [0.05, 0.1) is 29.4 Å². The Morgan fingerprint density at radius 1 is 1.05 bits per heavy atom. The lowest BCUT2D eigenvalue weighted by Gasteiger charge is -2.41. The second kappa shape index (κ2) is 6.71. The molecule has 1 aliphatic rings. The zero-order valence-electron chi connectivity index (χ0n) is 15.9. The normalized spacial score (nSPS) is 27.0. The molecule has 0 saturated carbocycles. The molecule has 0 aromatic carbocycles. The first kappa shape index (κ1) is 19.8. The molecular weight excluding hydrogens is 308 g/mol. The highest BCUT2D eigenvalue weighted by atomic mass is 28.3. The maximum absolute atomic E-state index is 13.4. The topological polar surface area (TPSA) is 35.5 Å². The van der Waals surface area contributed by atoms with E-state index in [9.17, 15) is 4.79 Å². The number of allylic oxidation sites excluding steroid dienone is 1. The van der Waals surface area contributed by atoms with Crippen LogP contribution in [-0.2, 0) is 14.3 Å². The maximum atomic E-state index is 13.4. The van der Waals surface area contributed by atoms with Gasteiger partial charge in [0.2, 0.25) is 0 Å². The fraction of sp³-hybridized carbons (Fsp3) is 0.824. The van der Waals surface area contributed by atoms with Crippen LogP contribution in [0.1, 0.15) is 13.3 Å². The van der Waals surface area contributed by atoms with Crippen LogP contribution in [0.5, 0.6) is 0 Å². The van der Waals surface area contributed by atoms with Crippen molar-refractivity contribution in [1.29, 1.82) is 0 Å². The molecule has 3 nitrogen and oxygen atoms in total. The Labute approximate surface area is 138 Å². The van der Waals surface area contributed by atoms with Crippen LogP contribution >= 0.6 is 0 Å². The SMILES string of the molecule is CCC1(COC)C(COC)=C([Si](C)(C)C)C(=O)C1[Si](C)(C)C. The van der Waals surface area contributed by atoms with Gasteiger partial charge in [0.15, 0.2) is 5.78 Å². The van der Waals surface area contributed by atoms with Crippen molar-refractivity contribution in [3.63, 3.8) is 0 Å². The van der Waals surface area contributed by atoms with Gasteiger partial charge in [-0.25, -0.2) is 0 Å². The van der Waals surface area contributed by atoms with E-state index in [1.807, 2.05) is 0 Å². The summed E-state index contributed by atoms with van der Waals surface area (Å²) in [6.45, 7) is 17.1. The molecule has 128 valence electrons. The number of Topliss-reactive ketones (excluding diaryl/α,β-unsaturated/α-hetero) is 1. The standard InChI is InChI=1S/C17H34O3Si2/c1-10-17(12-20-3)13(11-19-2)15(21(4,5)6)14(18)16(17)22(7,8)9/h16H,10-12H2,1-9H3. The van der Waals surface area contributed by atoms with E-state index in [0.717, 1.165) is 11.6 Å². The molecular formula is C17H34O3Si2. The summed E-state index contributed by atoms with van der Waals surface area (Å²) in [7, 11) is 0.0783. The smallest absolute Gasteiger partial charge is 0.156 e. The van der Waals surface area contributed by atoms with Gasteiger partial charge in [0.25, 0.3) is 0 Å². The van der Waals surface area contributed by atoms with Gasteiger partial charge in [-0.05, 0) is 17.2 Å². The van der Waals surface area contributed by atoms with Crippen molar-refractivity contribution in [1.82, 2.24) is 0 Å². The largest absolute Gasteiger partial charge is 0.384 e. The molecule has 2 atom stereocenters. The predicted octanol–water partition coefficient (Wildman–Crippen LogP) is 4.14. The van der Waals surface area contributed by atoms with E-state index >= 15 is 0 Å². The van der Waals surface area contributed by atoms with Gasteiger partial charge in [-0.1, -0.05) is 46.2 Å². The van der Waals surface area contributed by atoms with Crippen LogP contribution in [0.2, 0.25) is 44.8 Å². The monoisotopic (exact) mass is 342 g/mol. The van der Waals surface area contributed by atoms with Crippen molar-refractivity contribution in [3.8, 4) is 0 Å². The quantitative estimate of drug-likeness (QED) is 0.652. The van der Waals surface area contributed by atoms with Crippen molar-refractivity contribution >= 4 is 21.9 Å². The van der Waals surface area contributed by atoms with E-state index in [2.05, 4.69) is 46.2 Å². The molecule has 5 heteroatoms. The Kier molecular flexibility index (Phi) is 6.04. The molecule has 0 N–H and O–H groups in total. The molecule has 0 aromatic heterocycles. The molecule has 0 amide bonds. The Balaban J connectivity index is 3.67. The molecule has 0 heterocycles. The highest BCUT2D eigenvalue weighted by molar-refractivity contribution is 6.91. The number of rotatable bonds is 7. The summed E-state index contributed by atoms with van der Waals surface area (Å²) in [4.78, 5) is 13.4. The fourth-order valence-corrected chi connectivity index (χ4v) is 9.62. The van der Waals surface area contributed by atoms with Crippen LogP contribution in [0.4, 0.5) is 0 Å². The summed E-state index contributed by atoms with van der Waals surface area (Å²) in [5.41, 5.74) is 1.19. The number of hydrogen-bond acceptors (Lipinski definition) is 3. The van der Waals surface area contributed by atoms with Crippen LogP contribution < -0.4 is 0 Å². The number of ether oxygens (including phenoxy) is 2. The van der Waals surface area contributed by atoms with Crippen LogP contribution in [0.15, 0.2) is 10.8 Å². The average molecular weight is 343 g/mol. The molecule has 2 unspecified atom stereocenters. The first-order valence-corrected chi connectivity index (χ1v) is 15.3. The van der Waals surface area contributed by atoms with E-state index in [1.165, 1.54) is 5.57 Å². The minimum Gasteiger partial charge on any atom is -0.384 e. The van der Waals surface area contributed by atoms with Gasteiger partial charge in [-0.2, -0.15) is 0 Å². The maximum Gasteiger partial charge on any atom is 0.156 e. The zero-order chi connectivity index (χ0) is 17.3. The minimum absolute atomic E-state index is 0.108. The first-order valence-electron chi connectivity index (χ1n) is 8.23. The molecule has 0 saturated heterocycles. The van der Waals surface area contributed by atoms with Gasteiger partial charge in [0, 0.05) is 25.2 Å². The lowest BCUT2D eigenvalue weighted by molar-refractivity contribution is -0.116.